The van der Waals surface area contributed by atoms with E-state index in [-0.39, 0.29) is 34.0 Å². The van der Waals surface area contributed by atoms with Crippen LogP contribution < -0.4 is 34.0 Å². The molecule has 0 aromatic carbocycles. The number of halogens is 2. The molecule has 0 aliphatic rings. The molecule has 0 amide bonds. The molecule has 0 atom stereocenters. The molecule has 0 aliphatic carbocycles. The molecule has 0 saturated heterocycles. The van der Waals surface area contributed by atoms with Crippen molar-refractivity contribution in [1.82, 2.24) is 15.0 Å². The number of pyridine rings is 1. The van der Waals surface area contributed by atoms with Crippen molar-refractivity contribution < 1.29 is 34.0 Å². The average Bonchev–Trinajstić information content (AvgIpc) is 2.59. The van der Waals surface area contributed by atoms with Gasteiger partial charge in [-0.05, 0) is 17.7 Å². The van der Waals surface area contributed by atoms with Crippen LogP contribution in [0.4, 0.5) is 0 Å². The van der Waals surface area contributed by atoms with E-state index in [1.54, 1.807) is 18.7 Å². The highest BCUT2D eigenvalue weighted by atomic mass is 79.9. The number of nitrogens with zero attached hydrogens (tertiary/aromatic N) is 2. The number of aromatic amines is 1. The smallest absolute Gasteiger partial charge is 0.0921 e. The van der Waals surface area contributed by atoms with Crippen molar-refractivity contribution in [3.63, 3.8) is 0 Å². The zero-order chi connectivity index (χ0) is 8.23. The highest BCUT2D eigenvalue weighted by molar-refractivity contribution is 5.16. The van der Waals surface area contributed by atoms with Crippen LogP contribution in [0.2, 0.25) is 0 Å². The minimum atomic E-state index is 0. The van der Waals surface area contributed by atoms with E-state index in [4.69, 9.17) is 0 Å². The largest absolute Gasteiger partial charge is 1.00 e. The summed E-state index contributed by atoms with van der Waals surface area (Å²) in [6.07, 6.45) is 8.01. The average molecular weight is 319 g/mol. The third-order valence-electron chi connectivity index (χ3n) is 1.70. The normalized spacial score (nSPS) is 8.57. The monoisotopic (exact) mass is 317 g/mol. The summed E-state index contributed by atoms with van der Waals surface area (Å²) in [7, 11) is 0. The second-order valence-electron chi connectivity index (χ2n) is 2.61. The van der Waals surface area contributed by atoms with Crippen LogP contribution in [0.5, 0.6) is 0 Å². The summed E-state index contributed by atoms with van der Waals surface area (Å²) in [5.74, 6) is 0. The lowest BCUT2D eigenvalue weighted by Crippen LogP contribution is -3.00. The Kier molecular flexibility index (Phi) is 6.40. The van der Waals surface area contributed by atoms with E-state index < -0.39 is 0 Å². The molecule has 0 aliphatic heterocycles. The second kappa shape index (κ2) is 6.73. The molecule has 1 N–H and O–H groups in total. The van der Waals surface area contributed by atoms with Crippen molar-refractivity contribution in [2.24, 2.45) is 0 Å². The molecule has 5 heteroatoms. The van der Waals surface area contributed by atoms with Crippen molar-refractivity contribution in [3.8, 4) is 0 Å². The molecular formula is C9H9Br2N3-2. The Labute approximate surface area is 104 Å². The number of hydrogen-bond acceptors (Lipinski definition) is 2. The Balaban J connectivity index is 0.000000845. The Morgan fingerprint density at radius 3 is 2.36 bits per heavy atom. The van der Waals surface area contributed by atoms with E-state index in [0.717, 1.165) is 12.1 Å². The standard InChI is InChI=1S/C9H9N3.2BrH/c1-3-10-4-2-8(1)5-9-6-11-7-12-9;;/h1-4,6-7H,5H2,(H,11,12);2*1H/p-2. The van der Waals surface area contributed by atoms with Crippen LogP contribution in [0.15, 0.2) is 37.1 Å². The van der Waals surface area contributed by atoms with Crippen molar-refractivity contribution >= 4 is 0 Å². The number of imidazole rings is 1. The fourth-order valence-corrected chi connectivity index (χ4v) is 1.10. The zero-order valence-electron chi connectivity index (χ0n) is 7.32. The van der Waals surface area contributed by atoms with Crippen LogP contribution in [0.25, 0.3) is 0 Å². The van der Waals surface area contributed by atoms with Crippen molar-refractivity contribution in [3.05, 3.63) is 48.3 Å². The Hall–Kier alpha value is -0.680. The predicted molar refractivity (Wildman–Crippen MR) is 45.6 cm³/mol. The Morgan fingerprint density at radius 1 is 1.07 bits per heavy atom. The van der Waals surface area contributed by atoms with Gasteiger partial charge in [-0.1, -0.05) is 0 Å². The minimum Gasteiger partial charge on any atom is -1.00 e. The lowest BCUT2D eigenvalue weighted by atomic mass is 10.2. The lowest BCUT2D eigenvalue weighted by Gasteiger charge is -1.95. The maximum absolute atomic E-state index is 3.95. The molecule has 14 heavy (non-hydrogen) atoms. The minimum absolute atomic E-state index is 0. The number of nitrogens with one attached hydrogen (secondary N) is 1. The number of H-pyrrole nitrogens is 1. The van der Waals surface area contributed by atoms with Crippen LogP contribution in [0.3, 0.4) is 0 Å². The maximum Gasteiger partial charge on any atom is 0.0921 e. The SMILES string of the molecule is [Br-].[Br-].c1cc(Cc2cnc[nH]2)ccn1. The topological polar surface area (TPSA) is 41.6 Å². The van der Waals surface area contributed by atoms with Crippen LogP contribution in [0.1, 0.15) is 11.3 Å². The van der Waals surface area contributed by atoms with Crippen LogP contribution in [0, 0.1) is 0 Å². The molecule has 0 saturated carbocycles. The van der Waals surface area contributed by atoms with Crippen LogP contribution in [-0.4, -0.2) is 15.0 Å². The highest BCUT2D eigenvalue weighted by Gasteiger charge is 1.94. The van der Waals surface area contributed by atoms with Crippen molar-refractivity contribution in [2.75, 3.05) is 0 Å². The zero-order valence-corrected chi connectivity index (χ0v) is 10.5. The van der Waals surface area contributed by atoms with Gasteiger partial charge >= 0.3 is 0 Å². The van der Waals surface area contributed by atoms with E-state index >= 15 is 0 Å². The van der Waals surface area contributed by atoms with Gasteiger partial charge in [0.15, 0.2) is 0 Å². The van der Waals surface area contributed by atoms with Gasteiger partial charge in [0.1, 0.15) is 0 Å². The summed E-state index contributed by atoms with van der Waals surface area (Å²) in [5.41, 5.74) is 2.37. The number of aromatic nitrogens is 3. The fourth-order valence-electron chi connectivity index (χ4n) is 1.10. The summed E-state index contributed by atoms with van der Waals surface area (Å²) in [6, 6.07) is 4.00. The second-order valence-corrected chi connectivity index (χ2v) is 2.61. The van der Waals surface area contributed by atoms with Gasteiger partial charge in [-0.3, -0.25) is 4.98 Å². The molecule has 0 fully saturated rings. The quantitative estimate of drug-likeness (QED) is 0.605. The van der Waals surface area contributed by atoms with Gasteiger partial charge in [-0.2, -0.15) is 0 Å². The van der Waals surface area contributed by atoms with E-state index in [2.05, 4.69) is 15.0 Å². The molecular weight excluding hydrogens is 310 g/mol. The predicted octanol–water partition coefficient (Wildman–Crippen LogP) is -4.60. The lowest BCUT2D eigenvalue weighted by molar-refractivity contribution is -0.00100. The van der Waals surface area contributed by atoms with E-state index in [1.165, 1.54) is 5.56 Å². The molecule has 2 rings (SSSR count). The van der Waals surface area contributed by atoms with E-state index in [9.17, 15) is 0 Å². The highest BCUT2D eigenvalue weighted by Crippen LogP contribution is 2.03. The maximum atomic E-state index is 3.95. The van der Waals surface area contributed by atoms with Gasteiger partial charge in [0.25, 0.3) is 0 Å². The molecule has 0 radical (unpaired) electrons. The first-order valence-corrected chi connectivity index (χ1v) is 3.81. The summed E-state index contributed by atoms with van der Waals surface area (Å²) >= 11 is 0. The van der Waals surface area contributed by atoms with Gasteiger partial charge < -0.3 is 38.9 Å². The van der Waals surface area contributed by atoms with Gasteiger partial charge in [-0.15, -0.1) is 0 Å². The third-order valence-corrected chi connectivity index (χ3v) is 1.70. The molecule has 2 heterocycles. The Bertz CT molecular complexity index is 334. The van der Waals surface area contributed by atoms with Crippen molar-refractivity contribution in [1.29, 1.82) is 0 Å². The molecule has 2 aromatic heterocycles. The summed E-state index contributed by atoms with van der Waals surface area (Å²) in [5, 5.41) is 0. The molecule has 76 valence electrons. The van der Waals surface area contributed by atoms with Gasteiger partial charge in [0.05, 0.1) is 6.33 Å². The molecule has 0 bridgehead atoms. The van der Waals surface area contributed by atoms with Gasteiger partial charge in [0.2, 0.25) is 0 Å². The van der Waals surface area contributed by atoms with Crippen LogP contribution in [-0.2, 0) is 6.42 Å². The first-order chi connectivity index (χ1) is 5.95. The summed E-state index contributed by atoms with van der Waals surface area (Å²) in [4.78, 5) is 11.0. The molecule has 3 nitrogen and oxygen atoms in total. The van der Waals surface area contributed by atoms with Gasteiger partial charge in [0, 0.05) is 30.7 Å². The first-order valence-electron chi connectivity index (χ1n) is 3.81. The summed E-state index contributed by atoms with van der Waals surface area (Å²) in [6.45, 7) is 0. The third kappa shape index (κ3) is 3.59. The van der Waals surface area contributed by atoms with Gasteiger partial charge in [-0.25, -0.2) is 4.98 Å². The van der Waals surface area contributed by atoms with Crippen molar-refractivity contribution in [2.45, 2.75) is 6.42 Å². The molecule has 0 spiro atoms. The first kappa shape index (κ1) is 13.3. The fraction of sp³-hybridized carbons (Fsp3) is 0.111. The number of rotatable bonds is 2. The van der Waals surface area contributed by atoms with E-state index in [0.29, 0.717) is 0 Å². The molecule has 0 unspecified atom stereocenters. The van der Waals surface area contributed by atoms with Crippen LogP contribution >= 0.6 is 0 Å². The van der Waals surface area contributed by atoms with E-state index in [1.807, 2.05) is 18.3 Å². The summed E-state index contributed by atoms with van der Waals surface area (Å²) < 4.78 is 0. The Morgan fingerprint density at radius 2 is 1.79 bits per heavy atom. The number of hydrogen-bond donors (Lipinski definition) is 1. The molecule has 2 aromatic rings.